The Kier molecular flexibility index (Phi) is 3.41. The van der Waals surface area contributed by atoms with E-state index in [0.29, 0.717) is 28.1 Å². The molecule has 0 radical (unpaired) electrons. The van der Waals surface area contributed by atoms with Gasteiger partial charge < -0.3 is 5.32 Å². The molecular weight excluding hydrogens is 282 g/mol. The van der Waals surface area contributed by atoms with E-state index in [1.165, 1.54) is 12.8 Å². The molecule has 3 rings (SSSR count). The molecular formula is C14H16ClNO2S. The van der Waals surface area contributed by atoms with E-state index in [2.05, 4.69) is 5.32 Å². The summed E-state index contributed by atoms with van der Waals surface area (Å²) in [5, 5.41) is 3.65. The predicted octanol–water partition coefficient (Wildman–Crippen LogP) is 3.00. The number of hydrogen-bond acceptors (Lipinski definition) is 3. The second-order valence-corrected chi connectivity index (χ2v) is 7.48. The fourth-order valence-electron chi connectivity index (χ4n) is 2.83. The molecule has 1 aliphatic heterocycles. The number of hydrogen-bond donors (Lipinski definition) is 1. The minimum Gasteiger partial charge on any atom is -0.309 e. The monoisotopic (exact) mass is 297 g/mol. The molecule has 3 nitrogen and oxygen atoms in total. The summed E-state index contributed by atoms with van der Waals surface area (Å²) in [6.45, 7) is 0.401. The molecule has 1 aromatic carbocycles. The largest absolute Gasteiger partial charge is 0.309 e. The molecule has 1 saturated carbocycles. The van der Waals surface area contributed by atoms with Crippen molar-refractivity contribution in [2.75, 3.05) is 6.54 Å². The smallest absolute Gasteiger partial charge is 0.206 e. The molecule has 1 N–H and O–H groups in total. The van der Waals surface area contributed by atoms with E-state index in [-0.39, 0.29) is 4.90 Å². The van der Waals surface area contributed by atoms with Gasteiger partial charge in [-0.3, -0.25) is 0 Å². The highest BCUT2D eigenvalue weighted by Crippen LogP contribution is 2.37. The van der Waals surface area contributed by atoms with Gasteiger partial charge in [0.05, 0.1) is 14.8 Å². The first kappa shape index (κ1) is 13.2. The summed E-state index contributed by atoms with van der Waals surface area (Å²) in [7, 11) is -3.40. The summed E-state index contributed by atoms with van der Waals surface area (Å²) in [5.41, 5.74) is 0.704. The van der Waals surface area contributed by atoms with Crippen LogP contribution in [0.3, 0.4) is 0 Å². The third kappa shape index (κ3) is 2.33. The Morgan fingerprint density at radius 2 is 2.00 bits per heavy atom. The number of halogens is 1. The van der Waals surface area contributed by atoms with Crippen molar-refractivity contribution < 1.29 is 8.42 Å². The zero-order chi connectivity index (χ0) is 13.5. The van der Waals surface area contributed by atoms with E-state index in [1.807, 2.05) is 0 Å². The lowest BCUT2D eigenvalue weighted by Crippen LogP contribution is -2.29. The van der Waals surface area contributed by atoms with Gasteiger partial charge in [0.1, 0.15) is 0 Å². The molecule has 0 unspecified atom stereocenters. The molecule has 1 aromatic rings. The van der Waals surface area contributed by atoms with Crippen molar-refractivity contribution in [2.45, 2.75) is 36.6 Å². The summed E-state index contributed by atoms with van der Waals surface area (Å²) in [6.07, 6.45) is 6.48. The molecule has 0 bridgehead atoms. The van der Waals surface area contributed by atoms with Gasteiger partial charge in [-0.15, -0.1) is 0 Å². The number of rotatable bonds is 3. The van der Waals surface area contributed by atoms with Crippen molar-refractivity contribution in [3.8, 4) is 0 Å². The second-order valence-electron chi connectivity index (χ2n) is 5.13. The Morgan fingerprint density at radius 3 is 2.68 bits per heavy atom. The van der Waals surface area contributed by atoms with E-state index < -0.39 is 9.84 Å². The minimum atomic E-state index is -3.40. The van der Waals surface area contributed by atoms with Gasteiger partial charge in [0.25, 0.3) is 0 Å². The van der Waals surface area contributed by atoms with E-state index >= 15 is 0 Å². The Bertz CT molecular complexity index is 631. The van der Waals surface area contributed by atoms with Gasteiger partial charge in [0.2, 0.25) is 9.84 Å². The Morgan fingerprint density at radius 1 is 1.26 bits per heavy atom. The van der Waals surface area contributed by atoms with E-state index in [9.17, 15) is 8.42 Å². The number of benzene rings is 1. The van der Waals surface area contributed by atoms with Gasteiger partial charge in [-0.25, -0.2) is 8.42 Å². The van der Waals surface area contributed by atoms with Gasteiger partial charge in [-0.05, 0) is 30.5 Å². The average Bonchev–Trinajstić information content (AvgIpc) is 2.94. The molecule has 0 amide bonds. The summed E-state index contributed by atoms with van der Waals surface area (Å²) >= 11 is 6.01. The topological polar surface area (TPSA) is 46.2 Å². The lowest BCUT2D eigenvalue weighted by Gasteiger charge is -2.12. The highest BCUT2D eigenvalue weighted by Gasteiger charge is 2.31. The lowest BCUT2D eigenvalue weighted by atomic mass is 10.2. The molecule has 0 spiro atoms. The molecule has 2 aliphatic rings. The molecule has 0 aromatic heterocycles. The highest BCUT2D eigenvalue weighted by molar-refractivity contribution is 7.96. The SMILES string of the molecule is O=S1(=O)C(CNC2CCCC2)=Cc2cccc(Cl)c21. The van der Waals surface area contributed by atoms with Crippen molar-refractivity contribution in [3.05, 3.63) is 33.7 Å². The maximum absolute atomic E-state index is 12.4. The van der Waals surface area contributed by atoms with Crippen LogP contribution in [0.5, 0.6) is 0 Å². The van der Waals surface area contributed by atoms with Crippen molar-refractivity contribution in [1.82, 2.24) is 5.32 Å². The molecule has 1 fully saturated rings. The van der Waals surface area contributed by atoms with Crippen LogP contribution in [0.15, 0.2) is 28.0 Å². The van der Waals surface area contributed by atoms with E-state index in [0.717, 1.165) is 12.8 Å². The van der Waals surface area contributed by atoms with Gasteiger partial charge in [-0.1, -0.05) is 36.6 Å². The lowest BCUT2D eigenvalue weighted by molar-refractivity contribution is 0.550. The van der Waals surface area contributed by atoms with Gasteiger partial charge in [-0.2, -0.15) is 0 Å². The van der Waals surface area contributed by atoms with Crippen molar-refractivity contribution in [2.24, 2.45) is 0 Å². The van der Waals surface area contributed by atoms with E-state index in [1.54, 1.807) is 24.3 Å². The van der Waals surface area contributed by atoms with Crippen LogP contribution in [0.1, 0.15) is 31.2 Å². The summed E-state index contributed by atoms with van der Waals surface area (Å²) in [5.74, 6) is 0. The Hall–Kier alpha value is -0.840. The van der Waals surface area contributed by atoms with Crippen LogP contribution in [-0.4, -0.2) is 21.0 Å². The average molecular weight is 298 g/mol. The number of sulfone groups is 1. The quantitative estimate of drug-likeness (QED) is 0.933. The standard InChI is InChI=1S/C14H16ClNO2S/c15-13-7-3-4-10-8-12(19(17,18)14(10)13)9-16-11-5-1-2-6-11/h3-4,7-8,11,16H,1-2,5-6,9H2. The second kappa shape index (κ2) is 4.93. The number of nitrogens with one attached hydrogen (secondary N) is 1. The first-order valence-electron chi connectivity index (χ1n) is 6.56. The van der Waals surface area contributed by atoms with E-state index in [4.69, 9.17) is 11.6 Å². The Balaban J connectivity index is 1.83. The summed E-state index contributed by atoms with van der Waals surface area (Å²) in [6, 6.07) is 5.65. The first-order valence-corrected chi connectivity index (χ1v) is 8.43. The molecule has 5 heteroatoms. The molecule has 1 aliphatic carbocycles. The predicted molar refractivity (Wildman–Crippen MR) is 76.9 cm³/mol. The van der Waals surface area contributed by atoms with Crippen LogP contribution in [-0.2, 0) is 9.84 Å². The maximum atomic E-state index is 12.4. The maximum Gasteiger partial charge on any atom is 0.206 e. The zero-order valence-corrected chi connectivity index (χ0v) is 12.1. The minimum absolute atomic E-state index is 0.264. The highest BCUT2D eigenvalue weighted by atomic mass is 35.5. The van der Waals surface area contributed by atoms with Crippen molar-refractivity contribution >= 4 is 27.5 Å². The van der Waals surface area contributed by atoms with Crippen LogP contribution in [0, 0.1) is 0 Å². The van der Waals surface area contributed by atoms with Crippen LogP contribution in [0.25, 0.3) is 6.08 Å². The fraction of sp³-hybridized carbons (Fsp3) is 0.429. The first-order chi connectivity index (χ1) is 9.09. The molecule has 0 atom stereocenters. The molecule has 19 heavy (non-hydrogen) atoms. The number of fused-ring (bicyclic) bond motifs is 1. The third-order valence-corrected chi connectivity index (χ3v) is 6.22. The van der Waals surface area contributed by atoms with Gasteiger partial charge >= 0.3 is 0 Å². The zero-order valence-electron chi connectivity index (χ0n) is 10.5. The molecule has 1 heterocycles. The van der Waals surface area contributed by atoms with Gasteiger partial charge in [0, 0.05) is 12.6 Å². The van der Waals surface area contributed by atoms with Crippen molar-refractivity contribution in [3.63, 3.8) is 0 Å². The molecule has 0 saturated heterocycles. The molecule has 102 valence electrons. The van der Waals surface area contributed by atoms with Crippen LogP contribution < -0.4 is 5.32 Å². The van der Waals surface area contributed by atoms with Gasteiger partial charge in [0.15, 0.2) is 0 Å². The summed E-state index contributed by atoms with van der Waals surface area (Å²) < 4.78 is 24.8. The van der Waals surface area contributed by atoms with Crippen LogP contribution in [0.2, 0.25) is 5.02 Å². The van der Waals surface area contributed by atoms with Crippen LogP contribution >= 0.6 is 11.6 Å². The van der Waals surface area contributed by atoms with Crippen LogP contribution in [0.4, 0.5) is 0 Å². The third-order valence-electron chi connectivity index (χ3n) is 3.85. The van der Waals surface area contributed by atoms with Crippen molar-refractivity contribution in [1.29, 1.82) is 0 Å². The normalized spacial score (nSPS) is 21.4. The summed E-state index contributed by atoms with van der Waals surface area (Å²) in [4.78, 5) is 0.697. The Labute approximate surface area is 118 Å². The fourth-order valence-corrected chi connectivity index (χ4v) is 4.89.